The van der Waals surface area contributed by atoms with Crippen LogP contribution in [0.1, 0.15) is 12.8 Å². The molecule has 2 heterocycles. The molecule has 1 N–H and O–H groups in total. The molecule has 0 saturated carbocycles. The van der Waals surface area contributed by atoms with Crippen molar-refractivity contribution >= 4 is 26.3 Å². The summed E-state index contributed by atoms with van der Waals surface area (Å²) in [6.45, 7) is 0. The molecule has 1 fully saturated rings. The molecule has 100 valence electrons. The maximum atomic E-state index is 11.3. The van der Waals surface area contributed by atoms with E-state index in [0.29, 0.717) is 6.04 Å². The van der Waals surface area contributed by atoms with Crippen LogP contribution in [0, 0.1) is 0 Å². The molecule has 0 aliphatic carbocycles. The monoisotopic (exact) mass is 288 g/mol. The topological polar surface area (TPSA) is 76.1 Å². The van der Waals surface area contributed by atoms with Crippen LogP contribution >= 0.6 is 0 Å². The van der Waals surface area contributed by atoms with Crippen molar-refractivity contribution in [2.24, 2.45) is 0 Å². The fourth-order valence-electron chi connectivity index (χ4n) is 1.86. The van der Waals surface area contributed by atoms with Crippen LogP contribution in [0.15, 0.2) is 23.4 Å². The second kappa shape index (κ2) is 5.36. The van der Waals surface area contributed by atoms with Crippen molar-refractivity contribution in [3.63, 3.8) is 0 Å². The van der Waals surface area contributed by atoms with Gasteiger partial charge < -0.3 is 5.32 Å². The summed E-state index contributed by atoms with van der Waals surface area (Å²) < 4.78 is 33.7. The highest BCUT2D eigenvalue weighted by Gasteiger charge is 2.17. The van der Waals surface area contributed by atoms with Crippen molar-refractivity contribution in [2.45, 2.75) is 23.9 Å². The molecule has 1 saturated heterocycles. The van der Waals surface area contributed by atoms with Crippen molar-refractivity contribution in [3.8, 4) is 0 Å². The summed E-state index contributed by atoms with van der Waals surface area (Å²) in [7, 11) is -3.91. The molecule has 1 aromatic rings. The molecular weight excluding hydrogens is 272 g/mol. The number of hydrogen-bond donors (Lipinski definition) is 1. The third kappa shape index (κ3) is 3.52. The molecule has 0 unspecified atom stereocenters. The van der Waals surface area contributed by atoms with Gasteiger partial charge in [0.2, 0.25) is 0 Å². The van der Waals surface area contributed by atoms with Crippen LogP contribution in [0.25, 0.3) is 0 Å². The van der Waals surface area contributed by atoms with Crippen LogP contribution in [0.2, 0.25) is 0 Å². The third-order valence-corrected chi connectivity index (χ3v) is 5.26. The fourth-order valence-corrected chi connectivity index (χ4v) is 3.72. The van der Waals surface area contributed by atoms with E-state index in [1.807, 2.05) is 0 Å². The first kappa shape index (κ1) is 13.5. The SMILES string of the molecule is CS(=O)(=O)c1ccc(NC2CCS(=O)CC2)cn1. The van der Waals surface area contributed by atoms with E-state index in [-0.39, 0.29) is 5.03 Å². The van der Waals surface area contributed by atoms with Crippen molar-refractivity contribution in [2.75, 3.05) is 23.1 Å². The highest BCUT2D eigenvalue weighted by Crippen LogP contribution is 2.16. The van der Waals surface area contributed by atoms with Gasteiger partial charge in [-0.25, -0.2) is 13.4 Å². The van der Waals surface area contributed by atoms with Gasteiger partial charge in [-0.2, -0.15) is 0 Å². The molecule has 0 bridgehead atoms. The Labute approximate surface area is 109 Å². The van der Waals surface area contributed by atoms with Gasteiger partial charge in [0.25, 0.3) is 0 Å². The minimum Gasteiger partial charge on any atom is -0.381 e. The smallest absolute Gasteiger partial charge is 0.192 e. The number of hydrogen-bond acceptors (Lipinski definition) is 5. The highest BCUT2D eigenvalue weighted by molar-refractivity contribution is 7.90. The fraction of sp³-hybridized carbons (Fsp3) is 0.545. The summed E-state index contributed by atoms with van der Waals surface area (Å²) in [5.41, 5.74) is 0.806. The number of anilines is 1. The van der Waals surface area contributed by atoms with Crippen molar-refractivity contribution in [1.82, 2.24) is 4.98 Å². The van der Waals surface area contributed by atoms with Gasteiger partial charge in [0, 0.05) is 34.6 Å². The van der Waals surface area contributed by atoms with E-state index >= 15 is 0 Å². The lowest BCUT2D eigenvalue weighted by Gasteiger charge is -2.23. The Kier molecular flexibility index (Phi) is 4.01. The largest absolute Gasteiger partial charge is 0.381 e. The van der Waals surface area contributed by atoms with Crippen LogP contribution in [-0.2, 0) is 20.6 Å². The number of nitrogens with zero attached hydrogens (tertiary/aromatic N) is 1. The Bertz CT molecular complexity index is 530. The first-order valence-electron chi connectivity index (χ1n) is 5.73. The predicted molar refractivity (Wildman–Crippen MR) is 71.9 cm³/mol. The van der Waals surface area contributed by atoms with Crippen LogP contribution in [0.4, 0.5) is 5.69 Å². The van der Waals surface area contributed by atoms with Crippen molar-refractivity contribution in [3.05, 3.63) is 18.3 Å². The van der Waals surface area contributed by atoms with E-state index in [1.165, 1.54) is 12.3 Å². The zero-order chi connectivity index (χ0) is 13.2. The Morgan fingerprint density at radius 1 is 1.33 bits per heavy atom. The Morgan fingerprint density at radius 2 is 2.00 bits per heavy atom. The lowest BCUT2D eigenvalue weighted by molar-refractivity contribution is 0.598. The summed E-state index contributed by atoms with van der Waals surface area (Å²) in [5, 5.41) is 3.37. The molecule has 1 aliphatic heterocycles. The normalized spacial score (nSPS) is 24.7. The Balaban J connectivity index is 2.00. The van der Waals surface area contributed by atoms with Gasteiger partial charge in [0.15, 0.2) is 14.9 Å². The summed E-state index contributed by atoms with van der Waals surface area (Å²) in [6, 6.07) is 3.52. The maximum Gasteiger partial charge on any atom is 0.192 e. The van der Waals surface area contributed by atoms with Crippen LogP contribution in [-0.4, -0.2) is 41.4 Å². The molecule has 5 nitrogen and oxygen atoms in total. The molecular formula is C11H16N2O3S2. The molecule has 0 spiro atoms. The molecule has 0 aromatic carbocycles. The highest BCUT2D eigenvalue weighted by atomic mass is 32.2. The van der Waals surface area contributed by atoms with Gasteiger partial charge in [-0.3, -0.25) is 4.21 Å². The van der Waals surface area contributed by atoms with Crippen LogP contribution in [0.5, 0.6) is 0 Å². The Hall–Kier alpha value is -0.950. The lowest BCUT2D eigenvalue weighted by atomic mass is 10.1. The van der Waals surface area contributed by atoms with Gasteiger partial charge >= 0.3 is 0 Å². The molecule has 18 heavy (non-hydrogen) atoms. The average Bonchev–Trinajstić information content (AvgIpc) is 2.32. The van der Waals surface area contributed by atoms with Crippen LogP contribution in [0.3, 0.4) is 0 Å². The van der Waals surface area contributed by atoms with E-state index in [0.717, 1.165) is 36.3 Å². The molecule has 2 rings (SSSR count). The minimum atomic E-state index is -3.24. The molecule has 1 aliphatic rings. The molecule has 0 radical (unpaired) electrons. The number of aromatic nitrogens is 1. The second-order valence-electron chi connectivity index (χ2n) is 4.42. The molecule has 0 atom stereocenters. The number of sulfone groups is 1. The molecule has 1 aromatic heterocycles. The quantitative estimate of drug-likeness (QED) is 0.890. The number of nitrogens with one attached hydrogen (secondary N) is 1. The van der Waals surface area contributed by atoms with Gasteiger partial charge in [-0.1, -0.05) is 0 Å². The average molecular weight is 288 g/mol. The summed E-state index contributed by atoms with van der Waals surface area (Å²) in [6.07, 6.45) is 4.42. The van der Waals surface area contributed by atoms with Gasteiger partial charge in [0.05, 0.1) is 11.9 Å². The predicted octanol–water partition coefficient (Wildman–Crippen LogP) is 0.808. The van der Waals surface area contributed by atoms with Gasteiger partial charge in [-0.05, 0) is 25.0 Å². The first-order chi connectivity index (χ1) is 8.45. The summed E-state index contributed by atoms with van der Waals surface area (Å²) in [5.74, 6) is 1.46. The van der Waals surface area contributed by atoms with Gasteiger partial charge in [0.1, 0.15) is 0 Å². The van der Waals surface area contributed by atoms with E-state index < -0.39 is 20.6 Å². The van der Waals surface area contributed by atoms with Crippen molar-refractivity contribution < 1.29 is 12.6 Å². The lowest BCUT2D eigenvalue weighted by Crippen LogP contribution is -2.29. The van der Waals surface area contributed by atoms with Crippen LogP contribution < -0.4 is 5.32 Å². The maximum absolute atomic E-state index is 11.3. The zero-order valence-corrected chi connectivity index (χ0v) is 11.8. The zero-order valence-electron chi connectivity index (χ0n) is 10.1. The molecule has 0 amide bonds. The van der Waals surface area contributed by atoms with E-state index in [9.17, 15) is 12.6 Å². The van der Waals surface area contributed by atoms with E-state index in [2.05, 4.69) is 10.3 Å². The minimum absolute atomic E-state index is 0.0813. The summed E-state index contributed by atoms with van der Waals surface area (Å²) in [4.78, 5) is 3.92. The second-order valence-corrected chi connectivity index (χ2v) is 8.08. The summed E-state index contributed by atoms with van der Waals surface area (Å²) >= 11 is 0. The number of pyridine rings is 1. The standard InChI is InChI=1S/C11H16N2O3S2/c1-18(15,16)11-3-2-10(8-12-11)13-9-4-6-17(14)7-5-9/h2-3,8-9,13H,4-7H2,1H3. The van der Waals surface area contributed by atoms with E-state index in [1.54, 1.807) is 6.07 Å². The Morgan fingerprint density at radius 3 is 2.50 bits per heavy atom. The van der Waals surface area contributed by atoms with E-state index in [4.69, 9.17) is 0 Å². The third-order valence-electron chi connectivity index (χ3n) is 2.88. The van der Waals surface area contributed by atoms with Gasteiger partial charge in [-0.15, -0.1) is 0 Å². The first-order valence-corrected chi connectivity index (χ1v) is 9.11. The van der Waals surface area contributed by atoms with Crippen molar-refractivity contribution in [1.29, 1.82) is 0 Å². The number of rotatable bonds is 3. The molecule has 7 heteroatoms.